The van der Waals surface area contributed by atoms with E-state index in [4.69, 9.17) is 5.73 Å². The molecule has 4 rings (SSSR count). The normalized spacial score (nSPS) is 11.0. The van der Waals surface area contributed by atoms with Gasteiger partial charge in [0, 0.05) is 40.5 Å². The van der Waals surface area contributed by atoms with Crippen LogP contribution in [0, 0.1) is 24.0 Å². The van der Waals surface area contributed by atoms with Crippen LogP contribution in [0.5, 0.6) is 0 Å². The fourth-order valence-electron chi connectivity index (χ4n) is 3.82. The molecule has 3 aromatic carbocycles. The summed E-state index contributed by atoms with van der Waals surface area (Å²) >= 11 is 0. The van der Waals surface area contributed by atoms with Gasteiger partial charge in [-0.05, 0) is 67.4 Å². The molecule has 8 heteroatoms. The summed E-state index contributed by atoms with van der Waals surface area (Å²) in [6.07, 6.45) is 1.61. The molecule has 0 fully saturated rings. The van der Waals surface area contributed by atoms with Gasteiger partial charge in [-0.2, -0.15) is 5.10 Å². The van der Waals surface area contributed by atoms with Gasteiger partial charge in [0.05, 0.1) is 16.7 Å². The number of anilines is 1. The second-order valence-electron chi connectivity index (χ2n) is 7.80. The molecule has 8 nitrogen and oxygen atoms in total. The van der Waals surface area contributed by atoms with E-state index >= 15 is 0 Å². The molecule has 1 aromatic heterocycles. The first-order valence-corrected chi connectivity index (χ1v) is 10.6. The number of rotatable bonds is 6. The van der Waals surface area contributed by atoms with Gasteiger partial charge in [0.2, 0.25) is 0 Å². The molecule has 0 spiro atoms. The van der Waals surface area contributed by atoms with Crippen molar-refractivity contribution in [1.82, 2.24) is 9.99 Å². The Labute approximate surface area is 196 Å². The molecule has 0 unspecified atom stereocenters. The molecular weight excluding hydrogens is 430 g/mol. The molecule has 0 aliphatic carbocycles. The van der Waals surface area contributed by atoms with Gasteiger partial charge in [-0.15, -0.1) is 0 Å². The van der Waals surface area contributed by atoms with E-state index in [-0.39, 0.29) is 11.6 Å². The van der Waals surface area contributed by atoms with Crippen LogP contribution >= 0.6 is 0 Å². The molecule has 0 aliphatic rings. The zero-order valence-corrected chi connectivity index (χ0v) is 18.7. The molecule has 4 aromatic rings. The Morgan fingerprint density at radius 3 is 2.24 bits per heavy atom. The predicted octanol–water partition coefficient (Wildman–Crippen LogP) is 5.02. The molecule has 1 amide bonds. The minimum atomic E-state index is -0.409. The fraction of sp³-hybridized carbons (Fsp3) is 0.0769. The molecule has 34 heavy (non-hydrogen) atoms. The Morgan fingerprint density at radius 1 is 1.00 bits per heavy atom. The van der Waals surface area contributed by atoms with Gasteiger partial charge in [-0.25, -0.2) is 5.43 Å². The summed E-state index contributed by atoms with van der Waals surface area (Å²) in [5, 5.41) is 15.0. The number of hydrogen-bond acceptors (Lipinski definition) is 5. The van der Waals surface area contributed by atoms with Gasteiger partial charge in [0.1, 0.15) is 0 Å². The Kier molecular flexibility index (Phi) is 6.22. The predicted molar refractivity (Wildman–Crippen MR) is 133 cm³/mol. The van der Waals surface area contributed by atoms with Crippen molar-refractivity contribution < 1.29 is 9.72 Å². The first-order valence-electron chi connectivity index (χ1n) is 10.6. The first kappa shape index (κ1) is 22.5. The lowest BCUT2D eigenvalue weighted by atomic mass is 10.0. The number of carbonyl (C=O) groups excluding carboxylic acids is 1. The third-order valence-electron chi connectivity index (χ3n) is 5.58. The number of nitro benzene ring substituents is 1. The second kappa shape index (κ2) is 9.41. The fourth-order valence-corrected chi connectivity index (χ4v) is 3.82. The highest BCUT2D eigenvalue weighted by molar-refractivity contribution is 5.99. The summed E-state index contributed by atoms with van der Waals surface area (Å²) in [5.74, 6) is -0.370. The maximum atomic E-state index is 12.3. The number of aromatic nitrogens is 1. The van der Waals surface area contributed by atoms with Crippen LogP contribution < -0.4 is 11.2 Å². The molecule has 0 atom stereocenters. The number of aryl methyl sites for hydroxylation is 1. The topological polar surface area (TPSA) is 116 Å². The molecule has 1 heterocycles. The highest BCUT2D eigenvalue weighted by Gasteiger charge is 2.11. The highest BCUT2D eigenvalue weighted by atomic mass is 16.6. The van der Waals surface area contributed by atoms with Crippen LogP contribution in [0.15, 0.2) is 84.0 Å². The Hall–Kier alpha value is -4.72. The van der Waals surface area contributed by atoms with Crippen molar-refractivity contribution in [3.05, 3.63) is 111 Å². The monoisotopic (exact) mass is 453 g/mol. The van der Waals surface area contributed by atoms with Crippen molar-refractivity contribution in [2.75, 3.05) is 5.73 Å². The van der Waals surface area contributed by atoms with E-state index < -0.39 is 4.92 Å². The van der Waals surface area contributed by atoms with Crippen molar-refractivity contribution in [3.8, 4) is 16.8 Å². The SMILES string of the molecule is Cc1cc(/C=N\NC(=O)c2ccccc2N)c(C)n1-c1ccc(-c2ccc([N+](=O)[O-])cc2)cc1. The van der Waals surface area contributed by atoms with Crippen LogP contribution in [0.25, 0.3) is 16.8 Å². The van der Waals surface area contributed by atoms with Crippen LogP contribution in [-0.2, 0) is 0 Å². The Balaban J connectivity index is 1.52. The second-order valence-corrected chi connectivity index (χ2v) is 7.80. The third-order valence-corrected chi connectivity index (χ3v) is 5.58. The lowest BCUT2D eigenvalue weighted by Gasteiger charge is -2.11. The number of nitrogens with one attached hydrogen (secondary N) is 1. The van der Waals surface area contributed by atoms with E-state index in [9.17, 15) is 14.9 Å². The van der Waals surface area contributed by atoms with Gasteiger partial charge in [-0.1, -0.05) is 24.3 Å². The number of carbonyl (C=O) groups is 1. The number of benzene rings is 3. The lowest BCUT2D eigenvalue weighted by molar-refractivity contribution is -0.384. The van der Waals surface area contributed by atoms with Crippen LogP contribution in [0.1, 0.15) is 27.3 Å². The Morgan fingerprint density at radius 2 is 1.62 bits per heavy atom. The molecule has 3 N–H and O–H groups in total. The first-order chi connectivity index (χ1) is 16.3. The van der Waals surface area contributed by atoms with Crippen molar-refractivity contribution in [1.29, 1.82) is 0 Å². The summed E-state index contributed by atoms with van der Waals surface area (Å²) in [5.41, 5.74) is 14.9. The molecular formula is C26H23N5O3. The number of nitrogen functional groups attached to an aromatic ring is 1. The number of amides is 1. The average Bonchev–Trinajstić information content (AvgIpc) is 3.12. The minimum Gasteiger partial charge on any atom is -0.398 e. The zero-order valence-electron chi connectivity index (χ0n) is 18.7. The van der Waals surface area contributed by atoms with E-state index in [0.29, 0.717) is 11.3 Å². The van der Waals surface area contributed by atoms with E-state index in [1.807, 2.05) is 44.2 Å². The molecule has 0 saturated carbocycles. The van der Waals surface area contributed by atoms with Gasteiger partial charge in [-0.3, -0.25) is 14.9 Å². The van der Waals surface area contributed by atoms with Crippen LogP contribution in [0.2, 0.25) is 0 Å². The van der Waals surface area contributed by atoms with Crippen LogP contribution in [0.4, 0.5) is 11.4 Å². The number of para-hydroxylation sites is 1. The maximum Gasteiger partial charge on any atom is 0.273 e. The zero-order chi connectivity index (χ0) is 24.2. The summed E-state index contributed by atoms with van der Waals surface area (Å²) < 4.78 is 2.10. The summed E-state index contributed by atoms with van der Waals surface area (Å²) in [7, 11) is 0. The van der Waals surface area contributed by atoms with Crippen LogP contribution in [0.3, 0.4) is 0 Å². The van der Waals surface area contributed by atoms with Crippen LogP contribution in [-0.4, -0.2) is 21.6 Å². The minimum absolute atomic E-state index is 0.0663. The summed E-state index contributed by atoms with van der Waals surface area (Å²) in [6, 6.07) is 23.3. The third kappa shape index (κ3) is 4.56. The van der Waals surface area contributed by atoms with Crippen molar-refractivity contribution >= 4 is 23.5 Å². The number of nitrogens with two attached hydrogens (primary N) is 1. The molecule has 170 valence electrons. The largest absolute Gasteiger partial charge is 0.398 e. The van der Waals surface area contributed by atoms with E-state index in [0.717, 1.165) is 33.8 Å². The van der Waals surface area contributed by atoms with E-state index in [2.05, 4.69) is 15.1 Å². The van der Waals surface area contributed by atoms with E-state index in [1.165, 1.54) is 12.1 Å². The molecule has 0 bridgehead atoms. The standard InChI is InChI=1S/C26H23N5O3/c1-17-15-21(16-28-29-26(32)24-5-3-4-6-25(24)27)18(2)30(17)22-11-7-19(8-12-22)20-9-13-23(14-10-20)31(33)34/h3-16H,27H2,1-2H3,(H,29,32)/b28-16-. The molecule has 0 saturated heterocycles. The molecule has 0 aliphatic heterocycles. The highest BCUT2D eigenvalue weighted by Crippen LogP contribution is 2.25. The number of hydrogen-bond donors (Lipinski definition) is 2. The van der Waals surface area contributed by atoms with Gasteiger partial charge >= 0.3 is 0 Å². The molecule has 0 radical (unpaired) electrons. The quantitative estimate of drug-likeness (QED) is 0.185. The smallest absolute Gasteiger partial charge is 0.273 e. The van der Waals surface area contributed by atoms with Crippen molar-refractivity contribution in [3.63, 3.8) is 0 Å². The van der Waals surface area contributed by atoms with Gasteiger partial charge in [0.25, 0.3) is 11.6 Å². The number of nitro groups is 1. The average molecular weight is 454 g/mol. The maximum absolute atomic E-state index is 12.3. The van der Waals surface area contributed by atoms with E-state index in [1.54, 1.807) is 42.6 Å². The number of non-ortho nitro benzene ring substituents is 1. The summed E-state index contributed by atoms with van der Waals surface area (Å²) in [6.45, 7) is 3.98. The van der Waals surface area contributed by atoms with Gasteiger partial charge < -0.3 is 10.3 Å². The number of hydrazone groups is 1. The number of nitrogens with zero attached hydrogens (tertiary/aromatic N) is 3. The van der Waals surface area contributed by atoms with Crippen molar-refractivity contribution in [2.24, 2.45) is 5.10 Å². The van der Waals surface area contributed by atoms with Gasteiger partial charge in [0.15, 0.2) is 0 Å². The lowest BCUT2D eigenvalue weighted by Crippen LogP contribution is -2.19. The Bertz CT molecular complexity index is 1390. The summed E-state index contributed by atoms with van der Waals surface area (Å²) in [4.78, 5) is 22.7. The van der Waals surface area contributed by atoms with Crippen molar-refractivity contribution in [2.45, 2.75) is 13.8 Å².